The fourth-order valence-corrected chi connectivity index (χ4v) is 2.49. The minimum absolute atomic E-state index is 0.0608. The predicted octanol–water partition coefficient (Wildman–Crippen LogP) is 2.97. The Bertz CT molecular complexity index is 610. The number of rotatable bonds is 4. The molecule has 2 aromatic rings. The highest BCUT2D eigenvalue weighted by molar-refractivity contribution is 5.78. The summed E-state index contributed by atoms with van der Waals surface area (Å²) in [6.45, 7) is 0.898. The van der Waals surface area contributed by atoms with Gasteiger partial charge in [-0.15, -0.1) is 0 Å². The van der Waals surface area contributed by atoms with Crippen LogP contribution in [-0.4, -0.2) is 22.7 Å². The van der Waals surface area contributed by atoms with Crippen molar-refractivity contribution in [1.29, 1.82) is 0 Å². The third kappa shape index (κ3) is 3.23. The molecule has 4 nitrogen and oxygen atoms in total. The molecule has 1 aliphatic rings. The van der Waals surface area contributed by atoms with E-state index in [-0.39, 0.29) is 11.8 Å². The summed E-state index contributed by atoms with van der Waals surface area (Å²) in [5.41, 5.74) is 2.17. The van der Waals surface area contributed by atoms with Gasteiger partial charge in [-0.25, -0.2) is 5.06 Å². The Morgan fingerprint density at radius 1 is 1.10 bits per heavy atom. The van der Waals surface area contributed by atoms with Crippen LogP contribution in [-0.2, 0) is 11.4 Å². The zero-order valence-electron chi connectivity index (χ0n) is 11.6. The number of hydrogen-bond donors (Lipinski definition) is 1. The molecule has 0 aliphatic carbocycles. The summed E-state index contributed by atoms with van der Waals surface area (Å²) in [5.74, 6) is 0.642. The highest BCUT2D eigenvalue weighted by atomic mass is 16.5. The summed E-state index contributed by atoms with van der Waals surface area (Å²) in [5, 5.41) is 10.1. The molecule has 1 heterocycles. The van der Waals surface area contributed by atoms with Gasteiger partial charge in [0.2, 0.25) is 5.91 Å². The zero-order valence-corrected chi connectivity index (χ0v) is 11.6. The number of hydroxylamine groups is 2. The molecule has 1 aliphatic heterocycles. The Kier molecular flexibility index (Phi) is 3.88. The zero-order chi connectivity index (χ0) is 14.7. The van der Waals surface area contributed by atoms with Gasteiger partial charge in [0.05, 0.1) is 6.54 Å². The van der Waals surface area contributed by atoms with Crippen LogP contribution in [0.2, 0.25) is 0 Å². The summed E-state index contributed by atoms with van der Waals surface area (Å²) >= 11 is 0. The molecule has 4 heteroatoms. The Labute approximate surface area is 123 Å². The molecule has 0 saturated carbocycles. The number of hydrogen-bond acceptors (Lipinski definition) is 3. The van der Waals surface area contributed by atoms with Crippen molar-refractivity contribution in [2.24, 2.45) is 0 Å². The Hall–Kier alpha value is -2.33. The molecule has 21 heavy (non-hydrogen) atoms. The van der Waals surface area contributed by atoms with E-state index >= 15 is 0 Å². The molecular weight excluding hydrogens is 266 g/mol. The monoisotopic (exact) mass is 283 g/mol. The lowest BCUT2D eigenvalue weighted by molar-refractivity contribution is -0.157. The maximum Gasteiger partial charge on any atom is 0.246 e. The first-order valence-corrected chi connectivity index (χ1v) is 6.98. The number of ether oxygens (including phenoxy) is 1. The van der Waals surface area contributed by atoms with Crippen molar-refractivity contribution in [1.82, 2.24) is 5.06 Å². The normalized spacial score (nSPS) is 18.0. The Morgan fingerprint density at radius 3 is 2.43 bits per heavy atom. The molecule has 1 saturated heterocycles. The van der Waals surface area contributed by atoms with Crippen molar-refractivity contribution < 1.29 is 14.7 Å². The molecule has 2 aromatic carbocycles. The van der Waals surface area contributed by atoms with E-state index in [1.807, 2.05) is 54.6 Å². The van der Waals surface area contributed by atoms with E-state index in [1.165, 1.54) is 0 Å². The van der Waals surface area contributed by atoms with Crippen molar-refractivity contribution in [2.45, 2.75) is 18.9 Å². The van der Waals surface area contributed by atoms with E-state index in [4.69, 9.17) is 4.74 Å². The minimum atomic E-state index is -0.218. The van der Waals surface area contributed by atoms with Gasteiger partial charge in [0, 0.05) is 12.3 Å². The van der Waals surface area contributed by atoms with E-state index in [0.717, 1.165) is 21.9 Å². The standard InChI is InChI=1S/C17H17NO3/c19-17-10-15(11-18(17)20)14-6-8-16(9-7-14)21-12-13-4-2-1-3-5-13/h1-9,15,20H,10-12H2. The summed E-state index contributed by atoms with van der Waals surface area (Å²) < 4.78 is 5.73. The fraction of sp³-hybridized carbons (Fsp3) is 0.235. The molecule has 1 N–H and O–H groups in total. The van der Waals surface area contributed by atoms with E-state index in [0.29, 0.717) is 19.6 Å². The van der Waals surface area contributed by atoms with Gasteiger partial charge < -0.3 is 4.74 Å². The molecule has 0 aromatic heterocycles. The van der Waals surface area contributed by atoms with Gasteiger partial charge in [-0.2, -0.15) is 0 Å². The minimum Gasteiger partial charge on any atom is -0.489 e. The molecule has 1 fully saturated rings. The van der Waals surface area contributed by atoms with Gasteiger partial charge >= 0.3 is 0 Å². The summed E-state index contributed by atoms with van der Waals surface area (Å²) in [6.07, 6.45) is 0.362. The maximum absolute atomic E-state index is 11.3. The lowest BCUT2D eigenvalue weighted by Gasteiger charge is -2.11. The number of carbonyl (C=O) groups excluding carboxylic acids is 1. The van der Waals surface area contributed by atoms with Crippen LogP contribution in [0, 0.1) is 0 Å². The van der Waals surface area contributed by atoms with E-state index in [9.17, 15) is 10.0 Å². The predicted molar refractivity (Wildman–Crippen MR) is 78.1 cm³/mol. The second-order valence-electron chi connectivity index (χ2n) is 5.22. The first-order chi connectivity index (χ1) is 10.2. The quantitative estimate of drug-likeness (QED) is 0.878. The molecular formula is C17H17NO3. The van der Waals surface area contributed by atoms with Gasteiger partial charge in [0.25, 0.3) is 0 Å². The van der Waals surface area contributed by atoms with Crippen LogP contribution in [0.25, 0.3) is 0 Å². The maximum atomic E-state index is 11.3. The number of nitrogens with zero attached hydrogens (tertiary/aromatic N) is 1. The SMILES string of the molecule is O=C1CC(c2ccc(OCc3ccccc3)cc2)CN1O. The summed E-state index contributed by atoms with van der Waals surface area (Å²) in [7, 11) is 0. The lowest BCUT2D eigenvalue weighted by Crippen LogP contribution is -2.19. The lowest BCUT2D eigenvalue weighted by atomic mass is 9.98. The van der Waals surface area contributed by atoms with Gasteiger partial charge in [-0.05, 0) is 23.3 Å². The van der Waals surface area contributed by atoms with Crippen LogP contribution in [0.1, 0.15) is 23.5 Å². The van der Waals surface area contributed by atoms with Crippen LogP contribution in [0.3, 0.4) is 0 Å². The highest BCUT2D eigenvalue weighted by Gasteiger charge is 2.29. The topological polar surface area (TPSA) is 49.8 Å². The van der Waals surface area contributed by atoms with Crippen LogP contribution in [0.15, 0.2) is 54.6 Å². The van der Waals surface area contributed by atoms with Crippen LogP contribution >= 0.6 is 0 Å². The molecule has 1 atom stereocenters. The van der Waals surface area contributed by atoms with E-state index in [1.54, 1.807) is 0 Å². The largest absolute Gasteiger partial charge is 0.489 e. The van der Waals surface area contributed by atoms with Crippen molar-refractivity contribution >= 4 is 5.91 Å². The molecule has 3 rings (SSSR count). The van der Waals surface area contributed by atoms with Crippen LogP contribution in [0.5, 0.6) is 5.75 Å². The molecule has 108 valence electrons. The Morgan fingerprint density at radius 2 is 1.81 bits per heavy atom. The first kappa shape index (κ1) is 13.6. The van der Waals surface area contributed by atoms with Crippen molar-refractivity contribution in [2.75, 3.05) is 6.54 Å². The second kappa shape index (κ2) is 5.97. The van der Waals surface area contributed by atoms with Gasteiger partial charge in [-0.1, -0.05) is 42.5 Å². The molecule has 0 spiro atoms. The van der Waals surface area contributed by atoms with Crippen molar-refractivity contribution in [3.63, 3.8) is 0 Å². The average Bonchev–Trinajstić information content (AvgIpc) is 2.86. The van der Waals surface area contributed by atoms with Gasteiger partial charge in [0.1, 0.15) is 12.4 Å². The molecule has 0 bridgehead atoms. The third-order valence-electron chi connectivity index (χ3n) is 3.70. The molecule has 1 amide bonds. The van der Waals surface area contributed by atoms with Crippen molar-refractivity contribution in [3.05, 3.63) is 65.7 Å². The smallest absolute Gasteiger partial charge is 0.246 e. The number of carbonyl (C=O) groups is 1. The number of amides is 1. The first-order valence-electron chi connectivity index (χ1n) is 6.98. The Balaban J connectivity index is 1.61. The van der Waals surface area contributed by atoms with Crippen LogP contribution in [0.4, 0.5) is 0 Å². The van der Waals surface area contributed by atoms with Gasteiger partial charge in [0.15, 0.2) is 0 Å². The second-order valence-corrected chi connectivity index (χ2v) is 5.22. The third-order valence-corrected chi connectivity index (χ3v) is 3.70. The highest BCUT2D eigenvalue weighted by Crippen LogP contribution is 2.28. The average molecular weight is 283 g/mol. The molecule has 0 radical (unpaired) electrons. The number of benzene rings is 2. The summed E-state index contributed by atoms with van der Waals surface area (Å²) in [6, 6.07) is 17.7. The van der Waals surface area contributed by atoms with E-state index < -0.39 is 0 Å². The fourth-order valence-electron chi connectivity index (χ4n) is 2.49. The van der Waals surface area contributed by atoms with Crippen LogP contribution < -0.4 is 4.74 Å². The van der Waals surface area contributed by atoms with E-state index in [2.05, 4.69) is 0 Å². The van der Waals surface area contributed by atoms with Gasteiger partial charge in [-0.3, -0.25) is 10.0 Å². The summed E-state index contributed by atoms with van der Waals surface area (Å²) in [4.78, 5) is 11.3. The molecule has 1 unspecified atom stereocenters. The van der Waals surface area contributed by atoms with Crippen molar-refractivity contribution in [3.8, 4) is 5.75 Å².